The van der Waals surface area contributed by atoms with Gasteiger partial charge in [-0.05, 0) is 37.2 Å². The minimum Gasteiger partial charge on any atom is -0.461 e. The third-order valence-corrected chi connectivity index (χ3v) is 3.24. The molecule has 2 aromatic heterocycles. The summed E-state index contributed by atoms with van der Waals surface area (Å²) in [5.74, 6) is 0. The van der Waals surface area contributed by atoms with E-state index >= 15 is 0 Å². The van der Waals surface area contributed by atoms with Crippen molar-refractivity contribution in [2.24, 2.45) is 0 Å². The normalized spacial score (nSPS) is 10.8. The van der Waals surface area contributed by atoms with Crippen molar-refractivity contribution >= 4 is 34.7 Å². The second-order valence-electron chi connectivity index (χ2n) is 3.14. The standard InChI is InChI=1S/C8H8ClN5OS2/c1-4(2)15-6-11-5(9)12-7(13-6)17-8-14-10-3-16-8/h3-4H,1-2H3. The first kappa shape index (κ1) is 12.5. The number of nitrogens with zero attached hydrogens (tertiary/aromatic N) is 5. The Kier molecular flexibility index (Phi) is 4.08. The zero-order valence-electron chi connectivity index (χ0n) is 8.99. The molecule has 0 aliphatic heterocycles. The van der Waals surface area contributed by atoms with Crippen LogP contribution in [0.25, 0.3) is 0 Å². The van der Waals surface area contributed by atoms with E-state index in [0.717, 1.165) is 4.34 Å². The van der Waals surface area contributed by atoms with Crippen LogP contribution in [0, 0.1) is 0 Å². The smallest absolute Gasteiger partial charge is 0.322 e. The Balaban J connectivity index is 2.19. The molecule has 0 atom stereocenters. The van der Waals surface area contributed by atoms with Crippen LogP contribution in [0.3, 0.4) is 0 Å². The van der Waals surface area contributed by atoms with Crippen molar-refractivity contribution < 1.29 is 4.74 Å². The fourth-order valence-corrected chi connectivity index (χ4v) is 2.44. The SMILES string of the molecule is CC(C)Oc1nc(Cl)nc(Sc2nncs2)n1. The van der Waals surface area contributed by atoms with Gasteiger partial charge in [-0.15, -0.1) is 10.2 Å². The van der Waals surface area contributed by atoms with Crippen LogP contribution >= 0.6 is 34.7 Å². The van der Waals surface area contributed by atoms with Crippen LogP contribution < -0.4 is 4.74 Å². The van der Waals surface area contributed by atoms with E-state index in [0.29, 0.717) is 5.16 Å². The van der Waals surface area contributed by atoms with Gasteiger partial charge >= 0.3 is 6.01 Å². The van der Waals surface area contributed by atoms with Gasteiger partial charge in [0.15, 0.2) is 4.34 Å². The lowest BCUT2D eigenvalue weighted by Crippen LogP contribution is -2.09. The van der Waals surface area contributed by atoms with E-state index in [2.05, 4.69) is 25.1 Å². The minimum atomic E-state index is -0.0205. The predicted octanol–water partition coefficient (Wildman–Crippen LogP) is 2.31. The van der Waals surface area contributed by atoms with Gasteiger partial charge in [-0.25, -0.2) is 0 Å². The molecule has 0 aliphatic carbocycles. The number of hydrogen-bond donors (Lipinski definition) is 0. The summed E-state index contributed by atoms with van der Waals surface area (Å²) in [7, 11) is 0. The summed E-state index contributed by atoms with van der Waals surface area (Å²) >= 11 is 8.45. The molecule has 0 fully saturated rings. The topological polar surface area (TPSA) is 73.7 Å². The highest BCUT2D eigenvalue weighted by Crippen LogP contribution is 2.27. The molecule has 0 spiro atoms. The second-order valence-corrected chi connectivity index (χ2v) is 5.53. The molecule has 17 heavy (non-hydrogen) atoms. The first-order valence-electron chi connectivity index (χ1n) is 4.66. The molecule has 0 saturated carbocycles. The Morgan fingerprint density at radius 3 is 2.82 bits per heavy atom. The molecule has 9 heteroatoms. The van der Waals surface area contributed by atoms with Crippen molar-refractivity contribution in [3.05, 3.63) is 10.8 Å². The van der Waals surface area contributed by atoms with Crippen molar-refractivity contribution in [1.82, 2.24) is 25.1 Å². The van der Waals surface area contributed by atoms with Gasteiger partial charge in [-0.3, -0.25) is 0 Å². The van der Waals surface area contributed by atoms with E-state index in [1.54, 1.807) is 5.51 Å². The number of ether oxygens (including phenoxy) is 1. The summed E-state index contributed by atoms with van der Waals surface area (Å²) in [6, 6.07) is 0.215. The predicted molar refractivity (Wildman–Crippen MR) is 64.6 cm³/mol. The van der Waals surface area contributed by atoms with Crippen LogP contribution in [0.1, 0.15) is 13.8 Å². The van der Waals surface area contributed by atoms with Crippen molar-refractivity contribution in [3.8, 4) is 6.01 Å². The largest absolute Gasteiger partial charge is 0.461 e. The monoisotopic (exact) mass is 289 g/mol. The van der Waals surface area contributed by atoms with E-state index in [-0.39, 0.29) is 17.4 Å². The van der Waals surface area contributed by atoms with E-state index in [4.69, 9.17) is 16.3 Å². The molecule has 0 aromatic carbocycles. The minimum absolute atomic E-state index is 0.0205. The highest BCUT2D eigenvalue weighted by Gasteiger charge is 2.10. The van der Waals surface area contributed by atoms with E-state index < -0.39 is 0 Å². The highest BCUT2D eigenvalue weighted by atomic mass is 35.5. The Hall–Kier alpha value is -0.990. The van der Waals surface area contributed by atoms with Crippen LogP contribution in [0.5, 0.6) is 6.01 Å². The molecule has 0 aliphatic rings. The molecule has 0 saturated heterocycles. The Morgan fingerprint density at radius 2 is 2.18 bits per heavy atom. The zero-order chi connectivity index (χ0) is 12.3. The van der Waals surface area contributed by atoms with Gasteiger partial charge in [-0.2, -0.15) is 15.0 Å². The molecule has 2 heterocycles. The summed E-state index contributed by atoms with van der Waals surface area (Å²) < 4.78 is 6.10. The van der Waals surface area contributed by atoms with E-state index in [1.807, 2.05) is 13.8 Å². The number of hydrogen-bond acceptors (Lipinski definition) is 8. The molecule has 2 aromatic rings. The lowest BCUT2D eigenvalue weighted by atomic mass is 10.5. The summed E-state index contributed by atoms with van der Waals surface area (Å²) in [4.78, 5) is 12.0. The molecular formula is C8H8ClN5OS2. The van der Waals surface area contributed by atoms with Gasteiger partial charge in [0.05, 0.1) is 6.10 Å². The summed E-state index contributed by atoms with van der Waals surface area (Å²) in [6.07, 6.45) is -0.0205. The fraction of sp³-hybridized carbons (Fsp3) is 0.375. The van der Waals surface area contributed by atoms with Crippen LogP contribution in [0.2, 0.25) is 5.28 Å². The highest BCUT2D eigenvalue weighted by molar-refractivity contribution is 8.00. The maximum atomic E-state index is 5.79. The molecule has 0 amide bonds. The van der Waals surface area contributed by atoms with Gasteiger partial charge in [0.1, 0.15) is 5.51 Å². The molecule has 0 bridgehead atoms. The molecular weight excluding hydrogens is 282 g/mol. The van der Waals surface area contributed by atoms with Crippen LogP contribution in [0.4, 0.5) is 0 Å². The first-order valence-corrected chi connectivity index (χ1v) is 6.73. The molecule has 2 rings (SSSR count). The van der Waals surface area contributed by atoms with Crippen molar-refractivity contribution in [2.45, 2.75) is 29.4 Å². The second kappa shape index (κ2) is 5.56. The Labute approximate surface area is 111 Å². The quantitative estimate of drug-likeness (QED) is 0.855. The maximum Gasteiger partial charge on any atom is 0.322 e. The number of halogens is 1. The van der Waals surface area contributed by atoms with Crippen molar-refractivity contribution in [3.63, 3.8) is 0 Å². The van der Waals surface area contributed by atoms with E-state index in [1.165, 1.54) is 23.1 Å². The lowest BCUT2D eigenvalue weighted by molar-refractivity contribution is 0.219. The Morgan fingerprint density at radius 1 is 1.35 bits per heavy atom. The number of rotatable bonds is 4. The van der Waals surface area contributed by atoms with Gasteiger partial charge in [0.25, 0.3) is 0 Å². The molecule has 6 nitrogen and oxygen atoms in total. The number of aromatic nitrogens is 5. The first-order chi connectivity index (χ1) is 8.13. The van der Waals surface area contributed by atoms with Gasteiger partial charge < -0.3 is 4.74 Å². The van der Waals surface area contributed by atoms with Crippen molar-refractivity contribution in [2.75, 3.05) is 0 Å². The van der Waals surface area contributed by atoms with E-state index in [9.17, 15) is 0 Å². The molecule has 90 valence electrons. The fourth-order valence-electron chi connectivity index (χ4n) is 0.909. The third-order valence-electron chi connectivity index (χ3n) is 1.43. The van der Waals surface area contributed by atoms with Gasteiger partial charge in [-0.1, -0.05) is 11.3 Å². The van der Waals surface area contributed by atoms with Crippen LogP contribution in [-0.2, 0) is 0 Å². The molecule has 0 radical (unpaired) electrons. The third kappa shape index (κ3) is 3.76. The van der Waals surface area contributed by atoms with Gasteiger partial charge in [0.2, 0.25) is 10.4 Å². The van der Waals surface area contributed by atoms with Crippen LogP contribution in [-0.4, -0.2) is 31.3 Å². The van der Waals surface area contributed by atoms with Gasteiger partial charge in [0, 0.05) is 0 Å². The Bertz CT molecular complexity index is 493. The average Bonchev–Trinajstić information content (AvgIpc) is 2.67. The average molecular weight is 290 g/mol. The molecule has 0 N–H and O–H groups in total. The summed E-state index contributed by atoms with van der Waals surface area (Å²) in [5, 5.41) is 8.14. The summed E-state index contributed by atoms with van der Waals surface area (Å²) in [5.41, 5.74) is 1.64. The maximum absolute atomic E-state index is 5.79. The lowest BCUT2D eigenvalue weighted by Gasteiger charge is -2.07. The zero-order valence-corrected chi connectivity index (χ0v) is 11.4. The van der Waals surface area contributed by atoms with Crippen molar-refractivity contribution in [1.29, 1.82) is 0 Å². The molecule has 0 unspecified atom stereocenters. The summed E-state index contributed by atoms with van der Waals surface area (Å²) in [6.45, 7) is 3.77. The van der Waals surface area contributed by atoms with Crippen LogP contribution in [0.15, 0.2) is 15.0 Å².